The van der Waals surface area contributed by atoms with Crippen molar-refractivity contribution in [2.45, 2.75) is 25.3 Å². The van der Waals surface area contributed by atoms with Crippen LogP contribution in [0.4, 0.5) is 5.69 Å². The van der Waals surface area contributed by atoms with Crippen LogP contribution in [0.25, 0.3) is 0 Å². The van der Waals surface area contributed by atoms with Gasteiger partial charge in [-0.05, 0) is 37.0 Å². The van der Waals surface area contributed by atoms with Crippen molar-refractivity contribution in [2.75, 3.05) is 24.6 Å². The molecule has 3 N–H and O–H groups in total. The van der Waals surface area contributed by atoms with Gasteiger partial charge < -0.3 is 15.7 Å². The zero-order valence-corrected chi connectivity index (χ0v) is 12.1. The molecular formula is C13H22Cl2N2O. The van der Waals surface area contributed by atoms with E-state index >= 15 is 0 Å². The minimum atomic E-state index is -0.254. The van der Waals surface area contributed by atoms with Crippen molar-refractivity contribution in [3.63, 3.8) is 0 Å². The SMILES string of the molecule is Cl.Cl.NC(CO)c1ccc(N2CCCCC2)cc1. The first-order valence-electron chi connectivity index (χ1n) is 6.02. The van der Waals surface area contributed by atoms with Crippen LogP contribution in [-0.2, 0) is 0 Å². The molecule has 5 heteroatoms. The highest BCUT2D eigenvalue weighted by Crippen LogP contribution is 2.21. The van der Waals surface area contributed by atoms with Gasteiger partial charge in [0.2, 0.25) is 0 Å². The smallest absolute Gasteiger partial charge is 0.0624 e. The van der Waals surface area contributed by atoms with E-state index in [1.807, 2.05) is 12.1 Å². The summed E-state index contributed by atoms with van der Waals surface area (Å²) in [6.45, 7) is 2.32. The Kier molecular flexibility index (Phi) is 8.36. The first-order chi connectivity index (χ1) is 7.81. The lowest BCUT2D eigenvalue weighted by molar-refractivity contribution is 0.268. The molecule has 1 aromatic carbocycles. The summed E-state index contributed by atoms with van der Waals surface area (Å²) in [7, 11) is 0. The summed E-state index contributed by atoms with van der Waals surface area (Å²) in [4.78, 5) is 2.41. The first kappa shape index (κ1) is 17.5. The van der Waals surface area contributed by atoms with Crippen molar-refractivity contribution in [3.8, 4) is 0 Å². The molecule has 1 heterocycles. The Morgan fingerprint density at radius 1 is 1.06 bits per heavy atom. The van der Waals surface area contributed by atoms with Gasteiger partial charge in [0.25, 0.3) is 0 Å². The highest BCUT2D eigenvalue weighted by Gasteiger charge is 2.11. The van der Waals surface area contributed by atoms with Gasteiger partial charge in [-0.3, -0.25) is 0 Å². The predicted molar refractivity (Wildman–Crippen MR) is 81.0 cm³/mol. The lowest BCUT2D eigenvalue weighted by atomic mass is 10.1. The minimum Gasteiger partial charge on any atom is -0.394 e. The van der Waals surface area contributed by atoms with Crippen LogP contribution in [-0.4, -0.2) is 24.8 Å². The molecule has 2 rings (SSSR count). The lowest BCUT2D eigenvalue weighted by Gasteiger charge is -2.29. The fourth-order valence-electron chi connectivity index (χ4n) is 2.19. The molecule has 104 valence electrons. The summed E-state index contributed by atoms with van der Waals surface area (Å²) in [6.07, 6.45) is 3.93. The van der Waals surface area contributed by atoms with E-state index in [0.717, 1.165) is 18.7 Å². The zero-order valence-electron chi connectivity index (χ0n) is 10.4. The molecule has 0 amide bonds. The molecule has 18 heavy (non-hydrogen) atoms. The molecule has 1 aliphatic heterocycles. The number of halogens is 2. The van der Waals surface area contributed by atoms with E-state index in [2.05, 4.69) is 17.0 Å². The number of rotatable bonds is 3. The van der Waals surface area contributed by atoms with E-state index in [1.54, 1.807) is 0 Å². The van der Waals surface area contributed by atoms with Gasteiger partial charge in [-0.2, -0.15) is 0 Å². The van der Waals surface area contributed by atoms with Gasteiger partial charge in [0, 0.05) is 18.8 Å². The van der Waals surface area contributed by atoms with Crippen LogP contribution in [0.3, 0.4) is 0 Å². The van der Waals surface area contributed by atoms with E-state index in [9.17, 15) is 0 Å². The maximum atomic E-state index is 8.97. The van der Waals surface area contributed by atoms with Crippen molar-refractivity contribution in [3.05, 3.63) is 29.8 Å². The molecule has 1 aromatic rings. The number of aliphatic hydroxyl groups is 1. The van der Waals surface area contributed by atoms with Gasteiger partial charge in [0.15, 0.2) is 0 Å². The largest absolute Gasteiger partial charge is 0.394 e. The highest BCUT2D eigenvalue weighted by molar-refractivity contribution is 5.85. The van der Waals surface area contributed by atoms with Gasteiger partial charge in [-0.15, -0.1) is 24.8 Å². The van der Waals surface area contributed by atoms with Gasteiger partial charge >= 0.3 is 0 Å². The monoisotopic (exact) mass is 292 g/mol. The van der Waals surface area contributed by atoms with Crippen molar-refractivity contribution >= 4 is 30.5 Å². The molecular weight excluding hydrogens is 271 g/mol. The quantitative estimate of drug-likeness (QED) is 0.900. The molecule has 0 aliphatic carbocycles. The number of hydrogen-bond acceptors (Lipinski definition) is 3. The third kappa shape index (κ3) is 4.32. The fourth-order valence-corrected chi connectivity index (χ4v) is 2.19. The molecule has 1 fully saturated rings. The Morgan fingerprint density at radius 2 is 1.61 bits per heavy atom. The second-order valence-corrected chi connectivity index (χ2v) is 4.43. The third-order valence-electron chi connectivity index (χ3n) is 3.24. The van der Waals surface area contributed by atoms with Crippen LogP contribution in [0.15, 0.2) is 24.3 Å². The Labute approximate surface area is 121 Å². The van der Waals surface area contributed by atoms with Gasteiger partial charge in [0.05, 0.1) is 12.6 Å². The molecule has 1 atom stereocenters. The minimum absolute atomic E-state index is 0. The van der Waals surface area contributed by atoms with Crippen LogP contribution in [0.2, 0.25) is 0 Å². The average molecular weight is 293 g/mol. The Balaban J connectivity index is 0.00000144. The molecule has 0 spiro atoms. The second-order valence-electron chi connectivity index (χ2n) is 4.43. The number of nitrogens with zero attached hydrogens (tertiary/aromatic N) is 1. The highest BCUT2D eigenvalue weighted by atomic mass is 35.5. The number of anilines is 1. The molecule has 0 saturated carbocycles. The maximum Gasteiger partial charge on any atom is 0.0624 e. The zero-order chi connectivity index (χ0) is 11.4. The Morgan fingerprint density at radius 3 is 2.11 bits per heavy atom. The second kappa shape index (κ2) is 8.59. The van der Waals surface area contributed by atoms with Crippen LogP contribution < -0.4 is 10.6 Å². The Bertz CT molecular complexity index is 326. The lowest BCUT2D eigenvalue weighted by Crippen LogP contribution is -2.29. The third-order valence-corrected chi connectivity index (χ3v) is 3.24. The normalized spacial score (nSPS) is 16.4. The molecule has 0 bridgehead atoms. The van der Waals surface area contributed by atoms with Crippen molar-refractivity contribution < 1.29 is 5.11 Å². The number of nitrogens with two attached hydrogens (primary N) is 1. The topological polar surface area (TPSA) is 49.5 Å². The van der Waals surface area contributed by atoms with Crippen molar-refractivity contribution in [1.82, 2.24) is 0 Å². The molecule has 1 saturated heterocycles. The van der Waals surface area contributed by atoms with E-state index in [-0.39, 0.29) is 37.5 Å². The van der Waals surface area contributed by atoms with Crippen molar-refractivity contribution in [2.24, 2.45) is 5.73 Å². The van der Waals surface area contributed by atoms with Crippen LogP contribution >= 0.6 is 24.8 Å². The van der Waals surface area contributed by atoms with E-state index < -0.39 is 0 Å². The summed E-state index contributed by atoms with van der Waals surface area (Å²) in [5.74, 6) is 0. The average Bonchev–Trinajstić information content (AvgIpc) is 2.39. The number of piperidine rings is 1. The molecule has 3 nitrogen and oxygen atoms in total. The standard InChI is InChI=1S/C13H20N2O.2ClH/c14-13(10-16)11-4-6-12(7-5-11)15-8-2-1-3-9-15;;/h4-7,13,16H,1-3,8-10,14H2;2*1H. The van der Waals surface area contributed by atoms with Crippen LogP contribution in [0, 0.1) is 0 Å². The Hall–Kier alpha value is -0.480. The summed E-state index contributed by atoms with van der Waals surface area (Å²) in [6, 6.07) is 8.00. The molecule has 0 radical (unpaired) electrons. The van der Waals surface area contributed by atoms with Crippen molar-refractivity contribution in [1.29, 1.82) is 0 Å². The number of hydrogen-bond donors (Lipinski definition) is 2. The number of aliphatic hydroxyl groups excluding tert-OH is 1. The van der Waals surface area contributed by atoms with Gasteiger partial charge in [-0.25, -0.2) is 0 Å². The predicted octanol–water partition coefficient (Wildman–Crippen LogP) is 2.51. The molecule has 1 unspecified atom stereocenters. The van der Waals surface area contributed by atoms with E-state index in [0.29, 0.717) is 0 Å². The molecule has 1 aliphatic rings. The van der Waals surface area contributed by atoms with Gasteiger partial charge in [0.1, 0.15) is 0 Å². The van der Waals surface area contributed by atoms with Gasteiger partial charge in [-0.1, -0.05) is 12.1 Å². The summed E-state index contributed by atoms with van der Waals surface area (Å²) in [5.41, 5.74) is 8.03. The molecule has 0 aromatic heterocycles. The summed E-state index contributed by atoms with van der Waals surface area (Å²) < 4.78 is 0. The van der Waals surface area contributed by atoms with Crippen LogP contribution in [0.5, 0.6) is 0 Å². The summed E-state index contributed by atoms with van der Waals surface area (Å²) in [5, 5.41) is 8.97. The van der Waals surface area contributed by atoms with Crippen LogP contribution in [0.1, 0.15) is 30.9 Å². The maximum absolute atomic E-state index is 8.97. The van der Waals surface area contributed by atoms with E-state index in [4.69, 9.17) is 10.8 Å². The number of benzene rings is 1. The first-order valence-corrected chi connectivity index (χ1v) is 6.02. The summed E-state index contributed by atoms with van der Waals surface area (Å²) >= 11 is 0. The van der Waals surface area contributed by atoms with E-state index in [1.165, 1.54) is 24.9 Å². The fraction of sp³-hybridized carbons (Fsp3) is 0.538.